The number of allylic oxidation sites excluding steroid dienone is 3. The van der Waals surface area contributed by atoms with Crippen molar-refractivity contribution in [2.45, 2.75) is 348 Å². The molecular weight excluding hydrogens is 964 g/mol. The van der Waals surface area contributed by atoms with E-state index in [9.17, 15) is 19.0 Å². The first-order valence-electron chi connectivity index (χ1n) is 33.1. The number of unbranched alkanes of at least 4 members (excludes halogenated alkanes) is 43. The minimum atomic E-state index is -4.69. The molecule has 0 bridgehead atoms. The zero-order chi connectivity index (χ0) is 55.7. The summed E-state index contributed by atoms with van der Waals surface area (Å²) in [5, 5.41) is 3.02. The van der Waals surface area contributed by atoms with Gasteiger partial charge in [0.05, 0.1) is 33.8 Å². The summed E-state index contributed by atoms with van der Waals surface area (Å²) < 4.78 is 30.3. The SMILES string of the molecule is CCCC/C=C\CCCCCCCC(=O)NC(COP(=O)([O-])OCC[N+](C)(C)C)C(/C=C\CCCCCCCCCCCC)OC(=O)CCCCCCCCCCCCCCCCCCCCCCCCCCCCC. The van der Waals surface area contributed by atoms with Gasteiger partial charge in [-0.2, -0.15) is 0 Å². The number of amides is 1. The van der Waals surface area contributed by atoms with Crippen molar-refractivity contribution in [1.29, 1.82) is 0 Å². The predicted molar refractivity (Wildman–Crippen MR) is 326 cm³/mol. The van der Waals surface area contributed by atoms with Gasteiger partial charge in [-0.1, -0.05) is 296 Å². The van der Waals surface area contributed by atoms with E-state index in [4.69, 9.17) is 13.8 Å². The second kappa shape index (κ2) is 56.8. The third-order valence-corrected chi connectivity index (χ3v) is 16.1. The Hall–Kier alpha value is -1.51. The molecule has 0 aliphatic rings. The molecule has 0 rings (SSSR count). The minimum Gasteiger partial charge on any atom is -0.756 e. The molecule has 0 radical (unpaired) electrons. The number of nitrogens with one attached hydrogen (secondary N) is 1. The maximum absolute atomic E-state index is 13.5. The Labute approximate surface area is 473 Å². The molecule has 0 saturated carbocycles. The van der Waals surface area contributed by atoms with Crippen LogP contribution in [0.2, 0.25) is 0 Å². The third-order valence-electron chi connectivity index (χ3n) is 15.1. The molecule has 3 unspecified atom stereocenters. The van der Waals surface area contributed by atoms with Crippen LogP contribution in [0.3, 0.4) is 0 Å². The average molecular weight is 1090 g/mol. The van der Waals surface area contributed by atoms with Gasteiger partial charge in [0.1, 0.15) is 19.3 Å². The fourth-order valence-corrected chi connectivity index (χ4v) is 10.7. The summed E-state index contributed by atoms with van der Waals surface area (Å²) in [6.45, 7) is 6.84. The van der Waals surface area contributed by atoms with E-state index in [2.05, 4.69) is 38.2 Å². The van der Waals surface area contributed by atoms with Gasteiger partial charge in [-0.25, -0.2) is 0 Å². The first-order valence-corrected chi connectivity index (χ1v) is 34.6. The van der Waals surface area contributed by atoms with E-state index >= 15 is 0 Å². The molecular formula is C66H129N2O7P. The number of esters is 1. The standard InChI is InChI=1S/C66H129N2O7P/c1-7-10-13-16-19-22-25-27-28-29-30-31-32-33-34-35-36-37-38-39-40-41-44-47-50-53-56-59-66(70)75-64(57-54-51-48-45-43-26-23-20-17-14-11-8-2)63(62-74-76(71,72)73-61-60-68(4,5)6)67-65(69)58-55-52-49-46-42-24-21-18-15-12-9-3/h18,21,54,57,63-64H,7-17,19-20,22-53,55-56,58-62H2,1-6H3,(H-,67,69,71,72)/b21-18-,57-54-. The van der Waals surface area contributed by atoms with Crippen molar-refractivity contribution in [3.05, 3.63) is 24.3 Å². The number of hydrogen-bond acceptors (Lipinski definition) is 7. The third kappa shape index (κ3) is 57.2. The monoisotopic (exact) mass is 1090 g/mol. The molecule has 0 spiro atoms. The van der Waals surface area contributed by atoms with E-state index in [1.54, 1.807) is 0 Å². The summed E-state index contributed by atoms with van der Waals surface area (Å²) in [5.41, 5.74) is 0. The summed E-state index contributed by atoms with van der Waals surface area (Å²) in [6.07, 6.45) is 67.5. The van der Waals surface area contributed by atoms with Gasteiger partial charge in [-0.05, 0) is 51.0 Å². The van der Waals surface area contributed by atoms with Crippen molar-refractivity contribution in [2.24, 2.45) is 0 Å². The molecule has 0 heterocycles. The number of likely N-dealkylation sites (N-methyl/N-ethyl adjacent to an activating group) is 1. The first kappa shape index (κ1) is 74.5. The van der Waals surface area contributed by atoms with E-state index in [-0.39, 0.29) is 31.5 Å². The Morgan fingerprint density at radius 3 is 1.16 bits per heavy atom. The molecule has 10 heteroatoms. The van der Waals surface area contributed by atoms with Crippen LogP contribution in [-0.2, 0) is 27.9 Å². The Balaban J connectivity index is 4.92. The topological polar surface area (TPSA) is 114 Å². The summed E-state index contributed by atoms with van der Waals surface area (Å²) in [4.78, 5) is 39.9. The molecule has 0 aromatic rings. The van der Waals surface area contributed by atoms with Crippen molar-refractivity contribution >= 4 is 19.7 Å². The predicted octanol–water partition coefficient (Wildman–Crippen LogP) is 19.9. The van der Waals surface area contributed by atoms with E-state index in [1.807, 2.05) is 33.3 Å². The van der Waals surface area contributed by atoms with E-state index < -0.39 is 20.0 Å². The van der Waals surface area contributed by atoms with Crippen LogP contribution >= 0.6 is 7.82 Å². The average Bonchev–Trinajstić information content (AvgIpc) is 3.38. The van der Waals surface area contributed by atoms with Gasteiger partial charge >= 0.3 is 5.97 Å². The number of carbonyl (C=O) groups is 2. The van der Waals surface area contributed by atoms with Crippen LogP contribution in [0, 0.1) is 0 Å². The van der Waals surface area contributed by atoms with Crippen LogP contribution in [0.15, 0.2) is 24.3 Å². The molecule has 0 aliphatic heterocycles. The number of carbonyl (C=O) groups excluding carboxylic acids is 2. The van der Waals surface area contributed by atoms with Crippen molar-refractivity contribution in [3.63, 3.8) is 0 Å². The fourth-order valence-electron chi connectivity index (χ4n) is 9.98. The van der Waals surface area contributed by atoms with Crippen LogP contribution in [0.5, 0.6) is 0 Å². The van der Waals surface area contributed by atoms with Gasteiger partial charge in [-0.15, -0.1) is 0 Å². The smallest absolute Gasteiger partial charge is 0.306 e. The summed E-state index contributed by atoms with van der Waals surface area (Å²) in [6, 6.07) is -0.886. The molecule has 3 atom stereocenters. The maximum atomic E-state index is 13.5. The maximum Gasteiger partial charge on any atom is 0.306 e. The number of quaternary nitrogens is 1. The molecule has 1 amide bonds. The number of nitrogens with zero attached hydrogens (tertiary/aromatic N) is 1. The van der Waals surface area contributed by atoms with Gasteiger partial charge in [0.2, 0.25) is 5.91 Å². The molecule has 76 heavy (non-hydrogen) atoms. The number of phosphoric acid groups is 1. The van der Waals surface area contributed by atoms with Crippen LogP contribution in [-0.4, -0.2) is 69.4 Å². The zero-order valence-electron chi connectivity index (χ0n) is 51.5. The number of phosphoric ester groups is 1. The van der Waals surface area contributed by atoms with Crippen LogP contribution < -0.4 is 10.2 Å². The van der Waals surface area contributed by atoms with Gasteiger partial charge in [0, 0.05) is 12.8 Å². The van der Waals surface area contributed by atoms with Gasteiger partial charge < -0.3 is 28.5 Å². The molecule has 0 aliphatic carbocycles. The lowest BCUT2D eigenvalue weighted by molar-refractivity contribution is -0.870. The highest BCUT2D eigenvalue weighted by atomic mass is 31.2. The second-order valence-corrected chi connectivity index (χ2v) is 25.4. The lowest BCUT2D eigenvalue weighted by Crippen LogP contribution is -2.47. The normalized spacial score (nSPS) is 13.7. The lowest BCUT2D eigenvalue weighted by atomic mass is 10.0. The van der Waals surface area contributed by atoms with E-state index in [0.29, 0.717) is 17.4 Å². The van der Waals surface area contributed by atoms with E-state index in [0.717, 1.165) is 83.5 Å². The summed E-state index contributed by atoms with van der Waals surface area (Å²) in [5.74, 6) is -0.536. The first-order chi connectivity index (χ1) is 36.9. The largest absolute Gasteiger partial charge is 0.756 e. The van der Waals surface area contributed by atoms with Crippen molar-refractivity contribution in [2.75, 3.05) is 40.9 Å². The van der Waals surface area contributed by atoms with Crippen LogP contribution in [0.1, 0.15) is 335 Å². The summed E-state index contributed by atoms with van der Waals surface area (Å²) >= 11 is 0. The summed E-state index contributed by atoms with van der Waals surface area (Å²) in [7, 11) is 1.19. The van der Waals surface area contributed by atoms with Gasteiger partial charge in [0.25, 0.3) is 7.82 Å². The number of ether oxygens (including phenoxy) is 1. The molecule has 1 N–H and O–H groups in total. The highest BCUT2D eigenvalue weighted by Crippen LogP contribution is 2.38. The number of rotatable bonds is 61. The van der Waals surface area contributed by atoms with Crippen molar-refractivity contribution in [3.8, 4) is 0 Å². The molecule has 0 aromatic carbocycles. The van der Waals surface area contributed by atoms with E-state index in [1.165, 1.54) is 218 Å². The van der Waals surface area contributed by atoms with Crippen LogP contribution in [0.4, 0.5) is 0 Å². The lowest BCUT2D eigenvalue weighted by Gasteiger charge is -2.30. The van der Waals surface area contributed by atoms with Crippen molar-refractivity contribution in [1.82, 2.24) is 5.32 Å². The Morgan fingerprint density at radius 1 is 0.447 bits per heavy atom. The fraction of sp³-hybridized carbons (Fsp3) is 0.909. The Kier molecular flexibility index (Phi) is 55.6. The molecule has 9 nitrogen and oxygen atoms in total. The number of hydrogen-bond donors (Lipinski definition) is 1. The van der Waals surface area contributed by atoms with Gasteiger partial charge in [0.15, 0.2) is 0 Å². The molecule has 0 aromatic heterocycles. The Bertz CT molecular complexity index is 1350. The zero-order valence-corrected chi connectivity index (χ0v) is 52.4. The highest BCUT2D eigenvalue weighted by molar-refractivity contribution is 7.45. The molecule has 450 valence electrons. The molecule has 0 fully saturated rings. The quantitative estimate of drug-likeness (QED) is 0.0212. The minimum absolute atomic E-state index is 0.0206. The Morgan fingerprint density at radius 2 is 0.776 bits per heavy atom. The van der Waals surface area contributed by atoms with Crippen molar-refractivity contribution < 1.29 is 37.3 Å². The van der Waals surface area contributed by atoms with Crippen LogP contribution in [0.25, 0.3) is 0 Å². The molecule has 0 saturated heterocycles. The highest BCUT2D eigenvalue weighted by Gasteiger charge is 2.27. The van der Waals surface area contributed by atoms with Gasteiger partial charge in [-0.3, -0.25) is 14.2 Å². The second-order valence-electron chi connectivity index (χ2n) is 24.0.